The summed E-state index contributed by atoms with van der Waals surface area (Å²) >= 11 is 0. The minimum atomic E-state index is -0.137. The molecule has 0 saturated heterocycles. The minimum absolute atomic E-state index is 0.0145. The second-order valence-corrected chi connectivity index (χ2v) is 6.48. The van der Waals surface area contributed by atoms with Crippen molar-refractivity contribution in [1.82, 2.24) is 0 Å². The van der Waals surface area contributed by atoms with Crippen LogP contribution in [0.5, 0.6) is 0 Å². The fourth-order valence-electron chi connectivity index (χ4n) is 2.74. The lowest BCUT2D eigenvalue weighted by Crippen LogP contribution is -2.10. The van der Waals surface area contributed by atoms with Crippen molar-refractivity contribution >= 4 is 5.97 Å². The van der Waals surface area contributed by atoms with Gasteiger partial charge >= 0.3 is 5.97 Å². The Morgan fingerprint density at radius 1 is 1.52 bits per heavy atom. The molecule has 0 amide bonds. The predicted octanol–water partition coefficient (Wildman–Crippen LogP) is 3.74. The van der Waals surface area contributed by atoms with Crippen molar-refractivity contribution in [3.63, 3.8) is 0 Å². The first-order valence-electron chi connectivity index (χ1n) is 7.17. The largest absolute Gasteiger partial charge is 0.468 e. The summed E-state index contributed by atoms with van der Waals surface area (Å²) in [5.74, 6) is 3.32. The van der Waals surface area contributed by atoms with Gasteiger partial charge in [0.2, 0.25) is 0 Å². The minimum Gasteiger partial charge on any atom is -0.468 e. The van der Waals surface area contributed by atoms with Crippen LogP contribution in [0.25, 0.3) is 0 Å². The zero-order valence-electron chi connectivity index (χ0n) is 13.1. The van der Waals surface area contributed by atoms with Crippen molar-refractivity contribution in [2.75, 3.05) is 0 Å². The average molecular weight is 286 g/mol. The molecule has 1 aliphatic carbocycles. The lowest BCUT2D eigenvalue weighted by Gasteiger charge is -2.03. The highest BCUT2D eigenvalue weighted by atomic mass is 16.5. The molecule has 1 heterocycles. The van der Waals surface area contributed by atoms with Crippen LogP contribution >= 0.6 is 0 Å². The smallest absolute Gasteiger partial charge is 0.310 e. The summed E-state index contributed by atoms with van der Waals surface area (Å²) in [6, 6.07) is 1.83. The number of furan rings is 1. The summed E-state index contributed by atoms with van der Waals surface area (Å²) in [5, 5.41) is 0. The number of esters is 1. The highest BCUT2D eigenvalue weighted by molar-refractivity contribution is 5.78. The number of ether oxygens (including phenoxy) is 1. The van der Waals surface area contributed by atoms with Crippen LogP contribution in [0.3, 0.4) is 0 Å². The third-order valence-corrected chi connectivity index (χ3v) is 4.04. The van der Waals surface area contributed by atoms with Crippen LogP contribution in [0.1, 0.15) is 39.0 Å². The number of allylic oxidation sites excluding steroid dienone is 2. The summed E-state index contributed by atoms with van der Waals surface area (Å²) in [7, 11) is 0. The third-order valence-electron chi connectivity index (χ3n) is 4.04. The van der Waals surface area contributed by atoms with E-state index in [-0.39, 0.29) is 29.8 Å². The summed E-state index contributed by atoms with van der Waals surface area (Å²) in [6.45, 7) is 8.55. The van der Waals surface area contributed by atoms with E-state index in [0.29, 0.717) is 6.42 Å². The molecule has 1 aliphatic rings. The molecule has 0 spiro atoms. The molecule has 0 radical (unpaired) electrons. The van der Waals surface area contributed by atoms with Crippen molar-refractivity contribution in [2.24, 2.45) is 17.3 Å². The highest BCUT2D eigenvalue weighted by Gasteiger charge is 2.61. The van der Waals surface area contributed by atoms with Crippen LogP contribution in [0.4, 0.5) is 0 Å². The molecule has 21 heavy (non-hydrogen) atoms. The molecule has 1 saturated carbocycles. The number of hydrogen-bond acceptors (Lipinski definition) is 3. The fourth-order valence-corrected chi connectivity index (χ4v) is 2.74. The van der Waals surface area contributed by atoms with Gasteiger partial charge in [0.1, 0.15) is 12.4 Å². The third kappa shape index (κ3) is 3.39. The number of carbonyl (C=O) groups excluding carboxylic acids is 1. The zero-order chi connectivity index (χ0) is 15.6. The van der Waals surface area contributed by atoms with Gasteiger partial charge in [0.15, 0.2) is 0 Å². The van der Waals surface area contributed by atoms with Crippen molar-refractivity contribution in [3.8, 4) is 12.3 Å². The zero-order valence-corrected chi connectivity index (χ0v) is 13.1. The summed E-state index contributed by atoms with van der Waals surface area (Å²) < 4.78 is 10.7. The van der Waals surface area contributed by atoms with Crippen LogP contribution in [0.15, 0.2) is 28.4 Å². The molecule has 2 rings (SSSR count). The number of terminal acetylenes is 1. The van der Waals surface area contributed by atoms with Crippen molar-refractivity contribution in [3.05, 3.63) is 35.3 Å². The molecule has 3 heteroatoms. The van der Waals surface area contributed by atoms with E-state index >= 15 is 0 Å². The van der Waals surface area contributed by atoms with Gasteiger partial charge in [-0.05, 0) is 31.2 Å². The number of rotatable bonds is 5. The first-order chi connectivity index (χ1) is 9.86. The normalized spacial score (nSPS) is 22.2. The van der Waals surface area contributed by atoms with Crippen molar-refractivity contribution in [1.29, 1.82) is 0 Å². The SMILES string of the molecule is C#CCc1cc(COC(=O)C2C(C=C(C)C)C2(C)C)co1. The molecule has 2 atom stereocenters. The van der Waals surface area contributed by atoms with Gasteiger partial charge in [0.25, 0.3) is 0 Å². The van der Waals surface area contributed by atoms with Crippen molar-refractivity contribution in [2.45, 2.75) is 40.7 Å². The Balaban J connectivity index is 1.91. The maximum Gasteiger partial charge on any atom is 0.310 e. The summed E-state index contributed by atoms with van der Waals surface area (Å²) in [5.41, 5.74) is 2.06. The Hall–Kier alpha value is -1.95. The second-order valence-electron chi connectivity index (χ2n) is 6.48. The van der Waals surface area contributed by atoms with E-state index in [1.807, 2.05) is 6.07 Å². The summed E-state index contributed by atoms with van der Waals surface area (Å²) in [4.78, 5) is 12.2. The van der Waals surface area contributed by atoms with E-state index in [1.54, 1.807) is 6.26 Å². The van der Waals surface area contributed by atoms with E-state index in [1.165, 1.54) is 5.57 Å². The van der Waals surface area contributed by atoms with Crippen LogP contribution in [0.2, 0.25) is 0 Å². The van der Waals surface area contributed by atoms with E-state index in [0.717, 1.165) is 11.3 Å². The van der Waals surface area contributed by atoms with Gasteiger partial charge in [-0.2, -0.15) is 0 Å². The Kier molecular flexibility index (Phi) is 4.27. The van der Waals surface area contributed by atoms with Crippen molar-refractivity contribution < 1.29 is 13.9 Å². The van der Waals surface area contributed by atoms with E-state index < -0.39 is 0 Å². The molecule has 0 N–H and O–H groups in total. The molecule has 1 aromatic heterocycles. The van der Waals surface area contributed by atoms with Crippen LogP contribution < -0.4 is 0 Å². The maximum atomic E-state index is 12.2. The van der Waals surface area contributed by atoms with Crippen LogP contribution in [-0.4, -0.2) is 5.97 Å². The van der Waals surface area contributed by atoms with Gasteiger partial charge in [-0.3, -0.25) is 4.79 Å². The van der Waals surface area contributed by atoms with Gasteiger partial charge in [-0.15, -0.1) is 6.42 Å². The van der Waals surface area contributed by atoms with Gasteiger partial charge in [0.05, 0.1) is 18.6 Å². The van der Waals surface area contributed by atoms with Gasteiger partial charge in [0, 0.05) is 5.56 Å². The van der Waals surface area contributed by atoms with Gasteiger partial charge in [-0.25, -0.2) is 0 Å². The Morgan fingerprint density at radius 2 is 2.24 bits per heavy atom. The monoisotopic (exact) mass is 286 g/mol. The molecular formula is C18H22O3. The molecule has 2 unspecified atom stereocenters. The van der Waals surface area contributed by atoms with Gasteiger partial charge < -0.3 is 9.15 Å². The average Bonchev–Trinajstić information content (AvgIpc) is 2.75. The predicted molar refractivity (Wildman–Crippen MR) is 81.2 cm³/mol. The van der Waals surface area contributed by atoms with E-state index in [4.69, 9.17) is 15.6 Å². The summed E-state index contributed by atoms with van der Waals surface area (Å²) in [6.07, 6.45) is 9.42. The molecular weight excluding hydrogens is 264 g/mol. The molecule has 1 aromatic rings. The lowest BCUT2D eigenvalue weighted by atomic mass is 10.1. The van der Waals surface area contributed by atoms with E-state index in [9.17, 15) is 4.79 Å². The molecule has 3 nitrogen and oxygen atoms in total. The number of hydrogen-bond donors (Lipinski definition) is 0. The Labute approximate surface area is 126 Å². The first-order valence-corrected chi connectivity index (χ1v) is 7.17. The molecule has 0 aromatic carbocycles. The Bertz CT molecular complexity index is 594. The molecule has 0 aliphatic heterocycles. The standard InChI is InChI=1S/C18H22O3/c1-6-7-14-9-13(10-20-14)11-21-17(19)16-15(8-12(2)3)18(16,4)5/h1,8-10,15-16H,7,11H2,2-5H3. The highest BCUT2D eigenvalue weighted by Crippen LogP contribution is 2.59. The Morgan fingerprint density at radius 3 is 2.86 bits per heavy atom. The van der Waals surface area contributed by atoms with Crippen LogP contribution in [-0.2, 0) is 22.6 Å². The number of carbonyl (C=O) groups is 1. The van der Waals surface area contributed by atoms with Gasteiger partial charge in [-0.1, -0.05) is 31.4 Å². The van der Waals surface area contributed by atoms with E-state index in [2.05, 4.69) is 39.7 Å². The quantitative estimate of drug-likeness (QED) is 0.470. The molecule has 0 bridgehead atoms. The lowest BCUT2D eigenvalue weighted by molar-refractivity contribution is -0.147. The topological polar surface area (TPSA) is 39.4 Å². The molecule has 112 valence electrons. The second kappa shape index (κ2) is 5.81. The fraction of sp³-hybridized carbons (Fsp3) is 0.500. The van der Waals surface area contributed by atoms with Crippen LogP contribution in [0, 0.1) is 29.6 Å². The molecule has 1 fully saturated rings. The maximum absolute atomic E-state index is 12.2. The first kappa shape index (κ1) is 15.4.